The molecule has 0 amide bonds. The molecule has 0 radical (unpaired) electrons. The van der Waals surface area contributed by atoms with Crippen molar-refractivity contribution in [1.29, 1.82) is 0 Å². The maximum absolute atomic E-state index is 13.7. The zero-order valence-corrected chi connectivity index (χ0v) is 19.2. The van der Waals surface area contributed by atoms with E-state index in [0.717, 1.165) is 10.9 Å². The van der Waals surface area contributed by atoms with Crippen LogP contribution in [0.15, 0.2) is 51.7 Å². The first kappa shape index (κ1) is 22.9. The van der Waals surface area contributed by atoms with Crippen molar-refractivity contribution in [1.82, 2.24) is 0 Å². The Balaban J connectivity index is 2.11. The second-order valence-corrected chi connectivity index (χ2v) is 9.50. The third-order valence-corrected chi connectivity index (χ3v) is 7.28. The summed E-state index contributed by atoms with van der Waals surface area (Å²) in [6.07, 6.45) is 0. The average Bonchev–Trinajstić information content (AvgIpc) is 2.66. The van der Waals surface area contributed by atoms with Gasteiger partial charge in [-0.2, -0.15) is 0 Å². The van der Waals surface area contributed by atoms with Crippen LogP contribution in [0, 0.1) is 6.92 Å². The summed E-state index contributed by atoms with van der Waals surface area (Å²) < 4.78 is 30.1. The van der Waals surface area contributed by atoms with E-state index in [2.05, 4.69) is 5.32 Å². The monoisotopic (exact) mass is 469 g/mol. The van der Waals surface area contributed by atoms with Crippen molar-refractivity contribution in [3.8, 4) is 0 Å². The lowest BCUT2D eigenvalue weighted by Gasteiger charge is -2.29. The maximum Gasteiger partial charge on any atom is 0.357 e. The quantitative estimate of drug-likeness (QED) is 0.289. The van der Waals surface area contributed by atoms with Gasteiger partial charge in [0, 0.05) is 38.8 Å². The van der Waals surface area contributed by atoms with Crippen LogP contribution < -0.4 is 10.9 Å². The molecule has 1 unspecified atom stereocenters. The second kappa shape index (κ2) is 9.54. The molecule has 1 aromatic heterocycles. The molecule has 1 atom stereocenters. The van der Waals surface area contributed by atoms with Gasteiger partial charge in [-0.1, -0.05) is 29.3 Å². The van der Waals surface area contributed by atoms with Crippen molar-refractivity contribution < 1.29 is 18.0 Å². The molecule has 0 spiro atoms. The molecule has 0 saturated carbocycles. The van der Waals surface area contributed by atoms with Crippen LogP contribution in [0.25, 0.3) is 11.0 Å². The van der Waals surface area contributed by atoms with E-state index in [9.17, 15) is 9.36 Å². The normalized spacial score (nSPS) is 12.8. The standard InChI is InChI=1S/C21H22Cl2NO5P/c1-4-27-30(26,28-5-2)21(17-8-6-14(22)11-18(17)23)24-15-7-9-16-13(3)10-20(25)29-19(16)12-15/h6-12,21,24H,4-5H2,1-3H3. The van der Waals surface area contributed by atoms with Crippen LogP contribution in [0.4, 0.5) is 5.69 Å². The van der Waals surface area contributed by atoms with E-state index in [1.165, 1.54) is 6.07 Å². The summed E-state index contributed by atoms with van der Waals surface area (Å²) in [5, 5.41) is 4.77. The van der Waals surface area contributed by atoms with Gasteiger partial charge in [0.15, 0.2) is 5.78 Å². The van der Waals surface area contributed by atoms with Crippen LogP contribution in [0.1, 0.15) is 30.8 Å². The van der Waals surface area contributed by atoms with E-state index in [4.69, 9.17) is 36.7 Å². The maximum atomic E-state index is 13.7. The minimum Gasteiger partial charge on any atom is -0.423 e. The SMILES string of the molecule is CCOP(=O)(OCC)C(Nc1ccc2c(C)cc(=O)oc2c1)c1ccc(Cl)cc1Cl. The van der Waals surface area contributed by atoms with Crippen molar-refractivity contribution in [3.05, 3.63) is 74.1 Å². The van der Waals surface area contributed by atoms with Gasteiger partial charge in [-0.3, -0.25) is 4.57 Å². The summed E-state index contributed by atoms with van der Waals surface area (Å²) in [5.41, 5.74) is 1.85. The molecule has 2 aromatic carbocycles. The Labute approximate surface area is 184 Å². The first-order valence-electron chi connectivity index (χ1n) is 9.42. The largest absolute Gasteiger partial charge is 0.423 e. The van der Waals surface area contributed by atoms with E-state index in [-0.39, 0.29) is 13.2 Å². The van der Waals surface area contributed by atoms with Gasteiger partial charge >= 0.3 is 13.2 Å². The smallest absolute Gasteiger partial charge is 0.357 e. The Morgan fingerprint density at radius 3 is 2.40 bits per heavy atom. The van der Waals surface area contributed by atoms with Gasteiger partial charge in [0.2, 0.25) is 0 Å². The highest BCUT2D eigenvalue weighted by atomic mass is 35.5. The van der Waals surface area contributed by atoms with Gasteiger partial charge in [0.05, 0.1) is 13.2 Å². The van der Waals surface area contributed by atoms with Crippen LogP contribution >= 0.6 is 30.8 Å². The van der Waals surface area contributed by atoms with Crippen LogP contribution in [0.5, 0.6) is 0 Å². The van der Waals surface area contributed by atoms with Crippen LogP contribution in [-0.4, -0.2) is 13.2 Å². The molecular formula is C21H22Cl2NO5P. The molecule has 6 nitrogen and oxygen atoms in total. The molecule has 3 aromatic rings. The summed E-state index contributed by atoms with van der Waals surface area (Å²) in [6, 6.07) is 11.6. The lowest BCUT2D eigenvalue weighted by molar-refractivity contribution is 0.214. The number of nitrogens with one attached hydrogen (secondary N) is 1. The van der Waals surface area contributed by atoms with Crippen LogP contribution in [0.3, 0.4) is 0 Å². The lowest BCUT2D eigenvalue weighted by Crippen LogP contribution is -2.16. The minimum atomic E-state index is -3.67. The van der Waals surface area contributed by atoms with Crippen molar-refractivity contribution in [3.63, 3.8) is 0 Å². The zero-order chi connectivity index (χ0) is 21.9. The molecular weight excluding hydrogens is 448 g/mol. The van der Waals surface area contributed by atoms with Crippen molar-refractivity contribution in [2.45, 2.75) is 26.6 Å². The molecule has 3 rings (SSSR count). The fourth-order valence-electron chi connectivity index (χ4n) is 3.17. The molecule has 1 N–H and O–H groups in total. The topological polar surface area (TPSA) is 77.8 Å². The summed E-state index contributed by atoms with van der Waals surface area (Å²) >= 11 is 12.5. The summed E-state index contributed by atoms with van der Waals surface area (Å²) in [4.78, 5) is 11.8. The van der Waals surface area contributed by atoms with Gasteiger partial charge in [-0.25, -0.2) is 4.79 Å². The lowest BCUT2D eigenvalue weighted by atomic mass is 10.1. The van der Waals surface area contributed by atoms with Crippen molar-refractivity contribution >= 4 is 47.5 Å². The molecule has 30 heavy (non-hydrogen) atoms. The van der Waals surface area contributed by atoms with E-state index in [1.54, 1.807) is 44.2 Å². The molecule has 160 valence electrons. The first-order valence-corrected chi connectivity index (χ1v) is 11.8. The molecule has 0 bridgehead atoms. The Morgan fingerprint density at radius 1 is 1.07 bits per heavy atom. The van der Waals surface area contributed by atoms with Gasteiger partial charge in [-0.05, 0) is 50.6 Å². The number of rotatable bonds is 8. The third kappa shape index (κ3) is 4.90. The Kier molecular flexibility index (Phi) is 7.27. The Morgan fingerprint density at radius 2 is 1.77 bits per heavy atom. The predicted octanol–water partition coefficient (Wildman–Crippen LogP) is 6.79. The Bertz CT molecular complexity index is 1150. The summed E-state index contributed by atoms with van der Waals surface area (Å²) in [6.45, 7) is 5.68. The molecule has 0 aliphatic heterocycles. The second-order valence-electron chi connectivity index (χ2n) is 6.55. The fraction of sp³-hybridized carbons (Fsp3) is 0.286. The third-order valence-electron chi connectivity index (χ3n) is 4.45. The number of anilines is 1. The van der Waals surface area contributed by atoms with E-state index in [1.807, 2.05) is 13.0 Å². The van der Waals surface area contributed by atoms with E-state index >= 15 is 0 Å². The van der Waals surface area contributed by atoms with Crippen molar-refractivity contribution in [2.75, 3.05) is 18.5 Å². The van der Waals surface area contributed by atoms with Gasteiger partial charge < -0.3 is 18.8 Å². The number of aryl methyl sites for hydroxylation is 1. The van der Waals surface area contributed by atoms with E-state index in [0.29, 0.717) is 26.9 Å². The molecule has 0 fully saturated rings. The summed E-state index contributed by atoms with van der Waals surface area (Å²) in [7, 11) is -3.67. The molecule has 9 heteroatoms. The Hall–Kier alpha value is -1.82. The summed E-state index contributed by atoms with van der Waals surface area (Å²) in [5.74, 6) is -0.906. The number of benzene rings is 2. The van der Waals surface area contributed by atoms with Gasteiger partial charge in [0.1, 0.15) is 5.58 Å². The fourth-order valence-corrected chi connectivity index (χ4v) is 5.73. The average molecular weight is 470 g/mol. The number of hydrogen-bond donors (Lipinski definition) is 1. The zero-order valence-electron chi connectivity index (χ0n) is 16.8. The van der Waals surface area contributed by atoms with E-state index < -0.39 is 19.0 Å². The highest BCUT2D eigenvalue weighted by Gasteiger charge is 2.38. The molecule has 0 aliphatic rings. The first-order chi connectivity index (χ1) is 14.3. The molecule has 1 heterocycles. The number of halogens is 2. The van der Waals surface area contributed by atoms with Gasteiger partial charge in [-0.15, -0.1) is 0 Å². The molecule has 0 aliphatic carbocycles. The molecule has 0 saturated heterocycles. The highest BCUT2D eigenvalue weighted by molar-refractivity contribution is 7.54. The number of hydrogen-bond acceptors (Lipinski definition) is 6. The van der Waals surface area contributed by atoms with Gasteiger partial charge in [0.25, 0.3) is 0 Å². The van der Waals surface area contributed by atoms with Crippen LogP contribution in [-0.2, 0) is 13.6 Å². The predicted molar refractivity (Wildman–Crippen MR) is 121 cm³/mol. The number of fused-ring (bicyclic) bond motifs is 1. The van der Waals surface area contributed by atoms with Crippen LogP contribution in [0.2, 0.25) is 10.0 Å². The van der Waals surface area contributed by atoms with Crippen molar-refractivity contribution in [2.24, 2.45) is 0 Å². The minimum absolute atomic E-state index is 0.187. The highest BCUT2D eigenvalue weighted by Crippen LogP contribution is 2.61.